The smallest absolute Gasteiger partial charge is 0.427 e. The van der Waals surface area contributed by atoms with Crippen molar-refractivity contribution in [3.8, 4) is 11.5 Å². The van der Waals surface area contributed by atoms with Gasteiger partial charge < -0.3 is 30.5 Å². The summed E-state index contributed by atoms with van der Waals surface area (Å²) >= 11 is 0. The van der Waals surface area contributed by atoms with Crippen molar-refractivity contribution in [2.45, 2.75) is 50.7 Å². The number of hydrogen-bond donors (Lipinski definition) is 3. The lowest BCUT2D eigenvalue weighted by molar-refractivity contribution is -0.0466. The molecule has 3 rings (SSSR count). The number of amides is 1. The van der Waals surface area contributed by atoms with Gasteiger partial charge in [0.15, 0.2) is 11.5 Å². The van der Waals surface area contributed by atoms with Gasteiger partial charge in [-0.05, 0) is 53.9 Å². The van der Waals surface area contributed by atoms with E-state index in [4.69, 9.17) is 20.0 Å². The number of aliphatic hydroxyl groups excluding tert-OH is 1. The van der Waals surface area contributed by atoms with Crippen LogP contribution in [0.2, 0.25) is 0 Å². The average Bonchev–Trinajstić information content (AvgIpc) is 3.26. The molecule has 192 valence electrons. The Morgan fingerprint density at radius 1 is 1.20 bits per heavy atom. The number of fused-ring (bicyclic) bond motifs is 1. The van der Waals surface area contributed by atoms with Crippen LogP contribution in [0.3, 0.4) is 0 Å². The van der Waals surface area contributed by atoms with Crippen molar-refractivity contribution in [3.63, 3.8) is 0 Å². The van der Waals surface area contributed by atoms with Gasteiger partial charge in [-0.15, -0.1) is 0 Å². The maximum Gasteiger partial charge on any atom is 0.427 e. The normalized spacial score (nSPS) is 15.0. The minimum absolute atomic E-state index is 0.00681. The molecule has 11 heteroatoms. The lowest BCUT2D eigenvalue weighted by Gasteiger charge is -2.31. The fourth-order valence-corrected chi connectivity index (χ4v) is 5.04. The second kappa shape index (κ2) is 11.3. The van der Waals surface area contributed by atoms with Gasteiger partial charge in [0.1, 0.15) is 0 Å². The number of rotatable bonds is 11. The topological polar surface area (TPSA) is 140 Å². The number of nitrogens with two attached hydrogens (primary N) is 1. The lowest BCUT2D eigenvalue weighted by Crippen LogP contribution is -2.48. The van der Waals surface area contributed by atoms with E-state index in [0.29, 0.717) is 29.6 Å². The SMILES string of the molecule is CC(O)C(Cc1ccccc1)NC(=O)ON(CC(C)(C)CCN)S(=O)(=O)c1ccc2c(c1)OCO2. The van der Waals surface area contributed by atoms with Gasteiger partial charge in [-0.2, -0.15) is 0 Å². The molecule has 2 aromatic rings. The summed E-state index contributed by atoms with van der Waals surface area (Å²) in [6.07, 6.45) is -1.08. The standard InChI is InChI=1S/C24H33N3O7S/c1-17(28)20(13-18-7-5-4-6-8-18)26-23(29)34-27(15-24(2,3)11-12-25)35(30,31)19-9-10-21-22(14-19)33-16-32-21/h4-10,14,17,20,28H,11-13,15-16,25H2,1-3H3,(H,26,29). The fourth-order valence-electron chi connectivity index (χ4n) is 3.62. The van der Waals surface area contributed by atoms with Gasteiger partial charge in [-0.25, -0.2) is 13.2 Å². The van der Waals surface area contributed by atoms with Crippen molar-refractivity contribution in [2.75, 3.05) is 19.9 Å². The van der Waals surface area contributed by atoms with E-state index in [2.05, 4.69) is 5.32 Å². The number of aliphatic hydroxyl groups is 1. The Hall–Kier alpha value is -2.86. The van der Waals surface area contributed by atoms with E-state index < -0.39 is 33.7 Å². The zero-order chi connectivity index (χ0) is 25.6. The first-order chi connectivity index (χ1) is 16.5. The van der Waals surface area contributed by atoms with Crippen LogP contribution in [0.4, 0.5) is 4.79 Å². The number of carbonyl (C=O) groups excluding carboxylic acids is 1. The molecule has 0 aliphatic carbocycles. The first kappa shape index (κ1) is 26.7. The molecule has 1 aliphatic heterocycles. The van der Waals surface area contributed by atoms with Crippen LogP contribution in [0.5, 0.6) is 11.5 Å². The molecule has 0 saturated carbocycles. The third-order valence-corrected chi connectivity index (χ3v) is 7.25. The van der Waals surface area contributed by atoms with Crippen molar-refractivity contribution in [3.05, 3.63) is 54.1 Å². The second-order valence-corrected chi connectivity index (χ2v) is 11.1. The maximum atomic E-state index is 13.5. The highest BCUT2D eigenvalue weighted by Crippen LogP contribution is 2.35. The minimum Gasteiger partial charge on any atom is -0.454 e. The first-order valence-corrected chi connectivity index (χ1v) is 12.8. The third kappa shape index (κ3) is 7.07. The molecule has 2 aromatic carbocycles. The first-order valence-electron chi connectivity index (χ1n) is 11.3. The molecule has 0 radical (unpaired) electrons. The Labute approximate surface area is 206 Å². The van der Waals surface area contributed by atoms with Crippen molar-refractivity contribution in [1.29, 1.82) is 0 Å². The van der Waals surface area contributed by atoms with Crippen molar-refractivity contribution in [2.24, 2.45) is 11.1 Å². The summed E-state index contributed by atoms with van der Waals surface area (Å²) in [4.78, 5) is 18.1. The number of nitrogens with zero attached hydrogens (tertiary/aromatic N) is 1. The molecule has 0 fully saturated rings. The van der Waals surface area contributed by atoms with Crippen LogP contribution < -0.4 is 20.5 Å². The van der Waals surface area contributed by atoms with Crippen LogP contribution >= 0.6 is 0 Å². The lowest BCUT2D eigenvalue weighted by atomic mass is 9.90. The summed E-state index contributed by atoms with van der Waals surface area (Å²) in [5.41, 5.74) is 6.00. The number of hydrogen-bond acceptors (Lipinski definition) is 8. The molecular weight excluding hydrogens is 474 g/mol. The number of carbonyl (C=O) groups is 1. The van der Waals surface area contributed by atoms with Gasteiger partial charge in [0.25, 0.3) is 10.0 Å². The van der Waals surface area contributed by atoms with Crippen LogP contribution in [0.15, 0.2) is 53.4 Å². The summed E-state index contributed by atoms with van der Waals surface area (Å²) < 4.78 is 38.2. The van der Waals surface area contributed by atoms with E-state index >= 15 is 0 Å². The van der Waals surface area contributed by atoms with Crippen molar-refractivity contribution < 1.29 is 32.6 Å². The number of ether oxygens (including phenoxy) is 2. The Morgan fingerprint density at radius 3 is 2.54 bits per heavy atom. The van der Waals surface area contributed by atoms with Crippen molar-refractivity contribution >= 4 is 16.1 Å². The predicted octanol–water partition coefficient (Wildman–Crippen LogP) is 2.41. The summed E-state index contributed by atoms with van der Waals surface area (Å²) in [6.45, 7) is 5.39. The Balaban J connectivity index is 1.82. The van der Waals surface area contributed by atoms with Gasteiger partial charge in [0.05, 0.1) is 23.6 Å². The minimum atomic E-state index is -4.27. The van der Waals surface area contributed by atoms with Crippen LogP contribution in [0.25, 0.3) is 0 Å². The molecule has 2 unspecified atom stereocenters. The van der Waals surface area contributed by atoms with E-state index in [1.807, 2.05) is 44.2 Å². The molecule has 0 saturated heterocycles. The zero-order valence-electron chi connectivity index (χ0n) is 20.1. The molecule has 1 amide bonds. The number of sulfonamides is 1. The molecule has 35 heavy (non-hydrogen) atoms. The average molecular weight is 508 g/mol. The highest BCUT2D eigenvalue weighted by molar-refractivity contribution is 7.89. The summed E-state index contributed by atoms with van der Waals surface area (Å²) in [6, 6.07) is 12.8. The van der Waals surface area contributed by atoms with Crippen LogP contribution in [0.1, 0.15) is 32.8 Å². The van der Waals surface area contributed by atoms with Gasteiger partial charge in [0, 0.05) is 6.07 Å². The summed E-state index contributed by atoms with van der Waals surface area (Å²) in [7, 11) is -4.27. The molecule has 0 bridgehead atoms. The van der Waals surface area contributed by atoms with E-state index in [0.717, 1.165) is 5.56 Å². The number of hydroxylamine groups is 1. The van der Waals surface area contributed by atoms with E-state index in [1.54, 1.807) is 6.92 Å². The maximum absolute atomic E-state index is 13.5. The molecule has 1 aliphatic rings. The third-order valence-electron chi connectivity index (χ3n) is 5.66. The van der Waals surface area contributed by atoms with Crippen LogP contribution in [-0.4, -0.2) is 56.1 Å². The fraction of sp³-hybridized carbons (Fsp3) is 0.458. The van der Waals surface area contributed by atoms with Gasteiger partial charge in [-0.1, -0.05) is 44.2 Å². The molecule has 2 atom stereocenters. The Kier molecular flexibility index (Phi) is 8.60. The summed E-state index contributed by atoms with van der Waals surface area (Å²) in [5.74, 6) is 0.715. The highest BCUT2D eigenvalue weighted by Gasteiger charge is 2.35. The van der Waals surface area contributed by atoms with Gasteiger partial charge in [0.2, 0.25) is 6.79 Å². The van der Waals surface area contributed by atoms with Crippen molar-refractivity contribution in [1.82, 2.24) is 9.79 Å². The molecule has 1 heterocycles. The molecule has 0 aromatic heterocycles. The second-order valence-electron chi connectivity index (χ2n) is 9.24. The zero-order valence-corrected chi connectivity index (χ0v) is 21.0. The number of nitrogens with one attached hydrogen (secondary N) is 1. The molecule has 10 nitrogen and oxygen atoms in total. The predicted molar refractivity (Wildman–Crippen MR) is 129 cm³/mol. The molecular formula is C24H33N3O7S. The van der Waals surface area contributed by atoms with E-state index in [-0.39, 0.29) is 24.0 Å². The Bertz CT molecular complexity index is 1110. The summed E-state index contributed by atoms with van der Waals surface area (Å²) in [5, 5.41) is 12.8. The highest BCUT2D eigenvalue weighted by atomic mass is 32.2. The number of benzene rings is 2. The van der Waals surface area contributed by atoms with Gasteiger partial charge >= 0.3 is 6.09 Å². The van der Waals surface area contributed by atoms with Crippen LogP contribution in [0, 0.1) is 5.41 Å². The quantitative estimate of drug-likeness (QED) is 0.394. The molecule has 4 N–H and O–H groups in total. The monoisotopic (exact) mass is 507 g/mol. The Morgan fingerprint density at radius 2 is 1.89 bits per heavy atom. The van der Waals surface area contributed by atoms with E-state index in [9.17, 15) is 18.3 Å². The van der Waals surface area contributed by atoms with Crippen LogP contribution in [-0.2, 0) is 21.3 Å². The van der Waals surface area contributed by atoms with E-state index in [1.165, 1.54) is 18.2 Å². The molecule has 0 spiro atoms. The van der Waals surface area contributed by atoms with Gasteiger partial charge in [-0.3, -0.25) is 0 Å². The largest absolute Gasteiger partial charge is 0.454 e.